The van der Waals surface area contributed by atoms with Crippen molar-refractivity contribution >= 4 is 17.8 Å². The summed E-state index contributed by atoms with van der Waals surface area (Å²) in [7, 11) is 0. The molecule has 2 atom stereocenters. The summed E-state index contributed by atoms with van der Waals surface area (Å²) in [5.74, 6) is -1.39. The number of unbranched alkanes of at least 4 members (excludes halogenated alkanes) is 5. The fourth-order valence-corrected chi connectivity index (χ4v) is 4.79. The van der Waals surface area contributed by atoms with Crippen LogP contribution in [0.5, 0.6) is 0 Å². The smallest absolute Gasteiger partial charge is 0.326 e. The largest absolute Gasteiger partial charge is 0.480 e. The predicted octanol–water partition coefficient (Wildman–Crippen LogP) is 9.61. The molecule has 266 valence electrons. The fourth-order valence-electron chi connectivity index (χ4n) is 4.79. The van der Waals surface area contributed by atoms with Gasteiger partial charge in [0.15, 0.2) is 0 Å². The highest BCUT2D eigenvalue weighted by Crippen LogP contribution is 2.16. The van der Waals surface area contributed by atoms with Gasteiger partial charge in [0.25, 0.3) is 0 Å². The van der Waals surface area contributed by atoms with Crippen LogP contribution < -0.4 is 11.1 Å². The first-order valence-electron chi connectivity index (χ1n) is 18.3. The number of carboxylic acid groups (broad SMARTS) is 1. The summed E-state index contributed by atoms with van der Waals surface area (Å²) >= 11 is 0. The van der Waals surface area contributed by atoms with Crippen LogP contribution in [0, 0.1) is 0 Å². The van der Waals surface area contributed by atoms with Crippen LogP contribution in [0.3, 0.4) is 0 Å². The van der Waals surface area contributed by atoms with Gasteiger partial charge < -0.3 is 20.9 Å². The van der Waals surface area contributed by atoms with Crippen LogP contribution in [0.4, 0.5) is 0 Å². The molecule has 47 heavy (non-hydrogen) atoms. The molecule has 0 saturated heterocycles. The number of esters is 1. The highest BCUT2D eigenvalue weighted by molar-refractivity contribution is 5.83. The Balaban J connectivity index is 4.01. The number of amides is 1. The van der Waals surface area contributed by atoms with E-state index in [1.165, 1.54) is 0 Å². The van der Waals surface area contributed by atoms with E-state index in [4.69, 9.17) is 10.5 Å². The van der Waals surface area contributed by atoms with Gasteiger partial charge in [-0.05, 0) is 103 Å². The monoisotopic (exact) mass is 654 g/mol. The van der Waals surface area contributed by atoms with Gasteiger partial charge in [0.2, 0.25) is 5.91 Å². The van der Waals surface area contributed by atoms with Gasteiger partial charge in [0.1, 0.15) is 12.1 Å². The molecule has 0 aliphatic carbocycles. The van der Waals surface area contributed by atoms with Crippen molar-refractivity contribution in [2.45, 2.75) is 154 Å². The molecule has 7 heteroatoms. The van der Waals surface area contributed by atoms with E-state index >= 15 is 0 Å². The number of hydrogen-bond donors (Lipinski definition) is 3. The van der Waals surface area contributed by atoms with E-state index < -0.39 is 12.0 Å². The first kappa shape index (κ1) is 43.8. The zero-order chi connectivity index (χ0) is 34.6. The minimum Gasteiger partial charge on any atom is -0.480 e. The molecule has 2 unspecified atom stereocenters. The average Bonchev–Trinajstić information content (AvgIpc) is 3.05. The molecule has 0 fully saturated rings. The van der Waals surface area contributed by atoms with Crippen molar-refractivity contribution in [3.05, 3.63) is 72.9 Å². The van der Waals surface area contributed by atoms with Crippen molar-refractivity contribution in [3.63, 3.8) is 0 Å². The number of rotatable bonds is 31. The number of ether oxygens (including phenoxy) is 1. The summed E-state index contributed by atoms with van der Waals surface area (Å²) < 4.78 is 5.81. The van der Waals surface area contributed by atoms with Gasteiger partial charge in [-0.2, -0.15) is 0 Å². The van der Waals surface area contributed by atoms with E-state index in [1.807, 2.05) is 0 Å². The average molecular weight is 655 g/mol. The Morgan fingerprint density at radius 1 is 0.638 bits per heavy atom. The molecular formula is C40H66N2O5. The van der Waals surface area contributed by atoms with E-state index in [0.29, 0.717) is 38.6 Å². The van der Waals surface area contributed by atoms with Gasteiger partial charge in [-0.1, -0.05) is 106 Å². The molecule has 4 N–H and O–H groups in total. The number of nitrogens with two attached hydrogens (primary N) is 1. The van der Waals surface area contributed by atoms with E-state index in [1.54, 1.807) is 0 Å². The molecule has 0 radical (unpaired) electrons. The van der Waals surface area contributed by atoms with Crippen LogP contribution in [0.2, 0.25) is 0 Å². The molecule has 0 aromatic heterocycles. The molecule has 0 aromatic rings. The van der Waals surface area contributed by atoms with Crippen LogP contribution in [-0.2, 0) is 19.1 Å². The van der Waals surface area contributed by atoms with Gasteiger partial charge in [-0.15, -0.1) is 0 Å². The molecule has 0 saturated carbocycles. The Labute approximate surface area is 286 Å². The maximum atomic E-state index is 12.5. The summed E-state index contributed by atoms with van der Waals surface area (Å²) in [4.78, 5) is 35.9. The van der Waals surface area contributed by atoms with Gasteiger partial charge in [-0.25, -0.2) is 4.79 Å². The van der Waals surface area contributed by atoms with Crippen molar-refractivity contribution in [2.24, 2.45) is 5.73 Å². The molecule has 1 amide bonds. The zero-order valence-electron chi connectivity index (χ0n) is 29.6. The van der Waals surface area contributed by atoms with Crippen molar-refractivity contribution in [3.8, 4) is 0 Å². The van der Waals surface area contributed by atoms with Crippen LogP contribution in [0.25, 0.3) is 0 Å². The number of carboxylic acids is 1. The van der Waals surface area contributed by atoms with Crippen molar-refractivity contribution < 1.29 is 24.2 Å². The minimum absolute atomic E-state index is 0.0766. The van der Waals surface area contributed by atoms with E-state index in [2.05, 4.69) is 92.1 Å². The Morgan fingerprint density at radius 2 is 1.17 bits per heavy atom. The number of nitrogens with one attached hydrogen (secondary N) is 1. The molecule has 0 aliphatic rings. The minimum atomic E-state index is -1.03. The summed E-state index contributed by atoms with van der Waals surface area (Å²) in [6.45, 7) is 4.68. The van der Waals surface area contributed by atoms with Crippen LogP contribution >= 0.6 is 0 Å². The normalized spacial score (nSPS) is 13.6. The second-order valence-corrected chi connectivity index (χ2v) is 11.9. The standard InChI is InChI=1S/C40H66N2O5/c1-3-5-7-8-9-10-11-12-13-14-15-16-17-18-19-20-21-22-23-24-28-34-39(44)47-36(30-6-4-2)31-26-25-27-33-38(43)42-37(40(45)46)32-29-35-41/h5,7,9-10,12-13,15-16,18-19,21-22,36-37H,3-4,6,8,11,14,17,20,23-35,41H2,1-2H3,(H,42,43)(H,45,46)/b7-5-,10-9-,13-12-,16-15-,19-18-,22-21-. The second-order valence-electron chi connectivity index (χ2n) is 11.9. The molecule has 0 aliphatic heterocycles. The Kier molecular flexibility index (Phi) is 31.8. The topological polar surface area (TPSA) is 119 Å². The highest BCUT2D eigenvalue weighted by Gasteiger charge is 2.19. The molecule has 0 heterocycles. The van der Waals surface area contributed by atoms with E-state index in [-0.39, 0.29) is 18.0 Å². The van der Waals surface area contributed by atoms with Gasteiger partial charge in [0, 0.05) is 12.8 Å². The van der Waals surface area contributed by atoms with Crippen molar-refractivity contribution in [1.82, 2.24) is 5.32 Å². The third kappa shape index (κ3) is 31.2. The predicted molar refractivity (Wildman–Crippen MR) is 197 cm³/mol. The lowest BCUT2D eigenvalue weighted by Gasteiger charge is -2.18. The first-order valence-corrected chi connectivity index (χ1v) is 18.3. The van der Waals surface area contributed by atoms with Crippen LogP contribution in [0.1, 0.15) is 142 Å². The summed E-state index contributed by atoms with van der Waals surface area (Å²) in [5, 5.41) is 11.8. The maximum absolute atomic E-state index is 12.5. The van der Waals surface area contributed by atoms with E-state index in [0.717, 1.165) is 96.3 Å². The highest BCUT2D eigenvalue weighted by atomic mass is 16.5. The number of allylic oxidation sites excluding steroid dienone is 12. The molecule has 0 bridgehead atoms. The Hall–Kier alpha value is -3.19. The molecule has 0 spiro atoms. The third-order valence-corrected chi connectivity index (χ3v) is 7.54. The second kappa shape index (κ2) is 34.2. The lowest BCUT2D eigenvalue weighted by atomic mass is 10.0. The lowest BCUT2D eigenvalue weighted by Crippen LogP contribution is -2.40. The van der Waals surface area contributed by atoms with Crippen LogP contribution in [0.15, 0.2) is 72.9 Å². The number of aliphatic carboxylic acids is 1. The van der Waals surface area contributed by atoms with E-state index in [9.17, 15) is 19.5 Å². The lowest BCUT2D eigenvalue weighted by molar-refractivity contribution is -0.150. The Bertz CT molecular complexity index is 964. The molecule has 0 rings (SSSR count). The summed E-state index contributed by atoms with van der Waals surface area (Å²) in [6, 6.07) is -0.880. The van der Waals surface area contributed by atoms with Crippen molar-refractivity contribution in [2.75, 3.05) is 6.54 Å². The Morgan fingerprint density at radius 3 is 1.70 bits per heavy atom. The summed E-state index contributed by atoms with van der Waals surface area (Å²) in [6.07, 6.45) is 42.8. The number of hydrogen-bond acceptors (Lipinski definition) is 5. The maximum Gasteiger partial charge on any atom is 0.326 e. The number of carbonyl (C=O) groups is 3. The van der Waals surface area contributed by atoms with Crippen LogP contribution in [-0.4, -0.2) is 41.6 Å². The molecule has 7 nitrogen and oxygen atoms in total. The van der Waals surface area contributed by atoms with Gasteiger partial charge >= 0.3 is 11.9 Å². The molecular weight excluding hydrogens is 588 g/mol. The molecule has 0 aromatic carbocycles. The fraction of sp³-hybridized carbons (Fsp3) is 0.625. The SMILES string of the molecule is CC/C=C\C/C=C\C/C=C\C/C=C\C/C=C\C/C=C\CCCCC(=O)OC(CCCC)CCCCCC(=O)NC(CCCN)C(=O)O. The third-order valence-electron chi connectivity index (χ3n) is 7.54. The van der Waals surface area contributed by atoms with Gasteiger partial charge in [-0.3, -0.25) is 9.59 Å². The summed E-state index contributed by atoms with van der Waals surface area (Å²) in [5.41, 5.74) is 5.45. The first-order chi connectivity index (χ1) is 22.9. The zero-order valence-corrected chi connectivity index (χ0v) is 29.6. The quantitative estimate of drug-likeness (QED) is 0.0389. The number of carbonyl (C=O) groups excluding carboxylic acids is 2. The van der Waals surface area contributed by atoms with Gasteiger partial charge in [0.05, 0.1) is 0 Å². The van der Waals surface area contributed by atoms with Crippen molar-refractivity contribution in [1.29, 1.82) is 0 Å².